The summed E-state index contributed by atoms with van der Waals surface area (Å²) < 4.78 is 4.32. The van der Waals surface area contributed by atoms with Crippen molar-refractivity contribution in [1.82, 2.24) is 0 Å². The van der Waals surface area contributed by atoms with Crippen LogP contribution >= 0.6 is 0 Å². The minimum absolute atomic E-state index is 0.690. The van der Waals surface area contributed by atoms with Gasteiger partial charge >= 0.3 is 0 Å². The fourth-order valence-corrected chi connectivity index (χ4v) is 2.32. The van der Waals surface area contributed by atoms with Crippen molar-refractivity contribution in [3.05, 3.63) is 60.2 Å². The van der Waals surface area contributed by atoms with Gasteiger partial charge in [-0.3, -0.25) is 0 Å². The molecular formula is C17H25N3+2. The molecule has 0 fully saturated rings. The molecule has 2 rings (SSSR count). The second-order valence-corrected chi connectivity index (χ2v) is 5.12. The number of pyridine rings is 2. The molecule has 0 atom stereocenters. The molecule has 3 nitrogen and oxygen atoms in total. The Morgan fingerprint density at radius 2 is 1.35 bits per heavy atom. The van der Waals surface area contributed by atoms with Crippen molar-refractivity contribution in [1.29, 1.82) is 0 Å². The van der Waals surface area contributed by atoms with Crippen molar-refractivity contribution in [2.45, 2.75) is 39.3 Å². The van der Waals surface area contributed by atoms with Crippen LogP contribution < -0.4 is 14.9 Å². The van der Waals surface area contributed by atoms with Gasteiger partial charge in [-0.25, -0.2) is 9.13 Å². The van der Waals surface area contributed by atoms with E-state index in [-0.39, 0.29) is 0 Å². The first-order chi connectivity index (χ1) is 9.81. The van der Waals surface area contributed by atoms with Crippen LogP contribution in [0, 0.1) is 0 Å². The molecule has 0 unspecified atom stereocenters. The van der Waals surface area contributed by atoms with Crippen LogP contribution in [-0.2, 0) is 25.9 Å². The van der Waals surface area contributed by atoms with Gasteiger partial charge in [-0.15, -0.1) is 0 Å². The third-order valence-electron chi connectivity index (χ3n) is 3.60. The second kappa shape index (κ2) is 7.75. The van der Waals surface area contributed by atoms with Gasteiger partial charge in [-0.1, -0.05) is 0 Å². The number of rotatable bonds is 7. The van der Waals surface area contributed by atoms with Gasteiger partial charge < -0.3 is 5.73 Å². The molecule has 0 aliphatic carbocycles. The van der Waals surface area contributed by atoms with E-state index >= 15 is 0 Å². The summed E-state index contributed by atoms with van der Waals surface area (Å²) >= 11 is 0. The van der Waals surface area contributed by atoms with Crippen molar-refractivity contribution in [2.75, 3.05) is 6.54 Å². The molecule has 106 valence electrons. The third kappa shape index (κ3) is 4.42. The van der Waals surface area contributed by atoms with Gasteiger partial charge in [0.1, 0.15) is 6.54 Å². The van der Waals surface area contributed by atoms with Crippen molar-refractivity contribution in [3.8, 4) is 0 Å². The summed E-state index contributed by atoms with van der Waals surface area (Å²) in [6.45, 7) is 4.77. The smallest absolute Gasteiger partial charge is 0.169 e. The normalized spacial score (nSPS) is 10.7. The van der Waals surface area contributed by atoms with Crippen LogP contribution in [0.1, 0.15) is 24.5 Å². The lowest BCUT2D eigenvalue weighted by molar-refractivity contribution is -0.694. The average Bonchev–Trinajstić information content (AvgIpc) is 2.50. The van der Waals surface area contributed by atoms with Crippen LogP contribution in [-0.4, -0.2) is 6.54 Å². The molecule has 0 saturated heterocycles. The zero-order valence-electron chi connectivity index (χ0n) is 12.3. The number of aromatic nitrogens is 2. The Balaban J connectivity index is 1.79. The van der Waals surface area contributed by atoms with Crippen LogP contribution in [0.3, 0.4) is 0 Å². The highest BCUT2D eigenvalue weighted by atomic mass is 14.9. The molecule has 0 radical (unpaired) electrons. The summed E-state index contributed by atoms with van der Waals surface area (Å²) in [7, 11) is 0. The van der Waals surface area contributed by atoms with Gasteiger partial charge in [-0.05, 0) is 37.3 Å². The Morgan fingerprint density at radius 1 is 0.850 bits per heavy atom. The Bertz CT molecular complexity index is 503. The highest BCUT2D eigenvalue weighted by molar-refractivity contribution is 5.10. The minimum Gasteiger partial charge on any atom is -0.325 e. The van der Waals surface area contributed by atoms with E-state index < -0.39 is 0 Å². The van der Waals surface area contributed by atoms with E-state index in [1.54, 1.807) is 0 Å². The summed E-state index contributed by atoms with van der Waals surface area (Å²) in [6, 6.07) is 8.85. The molecule has 20 heavy (non-hydrogen) atoms. The average molecular weight is 271 g/mol. The molecule has 0 saturated carbocycles. The monoisotopic (exact) mass is 271 g/mol. The fraction of sp³-hybridized carbons (Fsp3) is 0.412. The van der Waals surface area contributed by atoms with E-state index in [1.807, 2.05) is 0 Å². The largest absolute Gasteiger partial charge is 0.325 e. The number of aryl methyl sites for hydroxylation is 3. The van der Waals surface area contributed by atoms with E-state index in [4.69, 9.17) is 5.73 Å². The molecule has 0 aliphatic rings. The van der Waals surface area contributed by atoms with Gasteiger partial charge in [0.05, 0.1) is 6.54 Å². The lowest BCUT2D eigenvalue weighted by Crippen LogP contribution is -2.36. The lowest BCUT2D eigenvalue weighted by atomic mass is 10.1. The van der Waals surface area contributed by atoms with Crippen molar-refractivity contribution in [3.63, 3.8) is 0 Å². The molecule has 0 aliphatic heterocycles. The molecule has 0 aromatic carbocycles. The van der Waals surface area contributed by atoms with Crippen LogP contribution in [0.15, 0.2) is 49.1 Å². The first-order valence-corrected chi connectivity index (χ1v) is 7.48. The second-order valence-electron chi connectivity index (χ2n) is 5.12. The SMILES string of the molecule is CC[n+]1ccc(CCCc2cc[n+](CCN)cc2)cc1. The van der Waals surface area contributed by atoms with Gasteiger partial charge in [0.2, 0.25) is 0 Å². The zero-order valence-corrected chi connectivity index (χ0v) is 12.3. The first-order valence-electron chi connectivity index (χ1n) is 7.48. The highest BCUT2D eigenvalue weighted by Crippen LogP contribution is 2.06. The first kappa shape index (κ1) is 14.7. The fourth-order valence-electron chi connectivity index (χ4n) is 2.32. The topological polar surface area (TPSA) is 33.8 Å². The molecule has 2 aromatic heterocycles. The van der Waals surface area contributed by atoms with Crippen molar-refractivity contribution in [2.24, 2.45) is 5.73 Å². The summed E-state index contributed by atoms with van der Waals surface area (Å²) in [5, 5.41) is 0. The lowest BCUT2D eigenvalue weighted by Gasteiger charge is -2.02. The molecule has 2 heterocycles. The van der Waals surface area contributed by atoms with Crippen LogP contribution in [0.5, 0.6) is 0 Å². The number of hydrogen-bond donors (Lipinski definition) is 1. The van der Waals surface area contributed by atoms with E-state index in [0.29, 0.717) is 6.54 Å². The summed E-state index contributed by atoms with van der Waals surface area (Å²) in [5.74, 6) is 0. The van der Waals surface area contributed by atoms with Crippen LogP contribution in [0.25, 0.3) is 0 Å². The standard InChI is InChI=1S/C17H25N3/c1-2-19-11-6-16(7-12-19)4-3-5-17-8-13-20(14-9-17)15-10-18/h6-9,11-14H,2-5,10,15,18H2,1H3/q+2. The molecular weight excluding hydrogens is 246 g/mol. The summed E-state index contributed by atoms with van der Waals surface area (Å²) in [4.78, 5) is 0. The molecule has 0 amide bonds. The van der Waals surface area contributed by atoms with Gasteiger partial charge in [0.25, 0.3) is 0 Å². The Kier molecular flexibility index (Phi) is 5.69. The third-order valence-corrected chi connectivity index (χ3v) is 3.60. The van der Waals surface area contributed by atoms with E-state index in [1.165, 1.54) is 17.5 Å². The molecule has 0 spiro atoms. The maximum Gasteiger partial charge on any atom is 0.169 e. The molecule has 3 heteroatoms. The summed E-state index contributed by atoms with van der Waals surface area (Å²) in [6.07, 6.45) is 12.0. The quantitative estimate of drug-likeness (QED) is 0.759. The van der Waals surface area contributed by atoms with Crippen LogP contribution in [0.4, 0.5) is 0 Å². The van der Waals surface area contributed by atoms with E-state index in [9.17, 15) is 0 Å². The van der Waals surface area contributed by atoms with E-state index in [0.717, 1.165) is 25.9 Å². The van der Waals surface area contributed by atoms with Crippen molar-refractivity contribution >= 4 is 0 Å². The molecule has 2 N–H and O–H groups in total. The van der Waals surface area contributed by atoms with Gasteiger partial charge in [-0.2, -0.15) is 0 Å². The van der Waals surface area contributed by atoms with E-state index in [2.05, 4.69) is 65.1 Å². The van der Waals surface area contributed by atoms with Gasteiger partial charge in [0, 0.05) is 24.3 Å². The number of nitrogens with two attached hydrogens (primary N) is 1. The van der Waals surface area contributed by atoms with Gasteiger partial charge in [0.15, 0.2) is 31.3 Å². The Morgan fingerprint density at radius 3 is 1.80 bits per heavy atom. The Labute approximate surface area is 121 Å². The predicted molar refractivity (Wildman–Crippen MR) is 80.0 cm³/mol. The number of hydrogen-bond acceptors (Lipinski definition) is 1. The van der Waals surface area contributed by atoms with Crippen LogP contribution in [0.2, 0.25) is 0 Å². The maximum atomic E-state index is 5.54. The minimum atomic E-state index is 0.690. The Hall–Kier alpha value is -1.74. The summed E-state index contributed by atoms with van der Waals surface area (Å²) in [5.41, 5.74) is 8.36. The van der Waals surface area contributed by atoms with Crippen molar-refractivity contribution < 1.29 is 9.13 Å². The number of nitrogens with zero attached hydrogens (tertiary/aromatic N) is 2. The highest BCUT2D eigenvalue weighted by Gasteiger charge is 2.01. The maximum absolute atomic E-state index is 5.54. The molecule has 0 bridgehead atoms. The zero-order chi connectivity index (χ0) is 14.2. The predicted octanol–water partition coefficient (Wildman–Crippen LogP) is 1.42. The molecule has 2 aromatic rings.